The highest BCUT2D eigenvalue weighted by atomic mass is 16.6. The number of amides is 1. The lowest BCUT2D eigenvalue weighted by Gasteiger charge is -2.31. The van der Waals surface area contributed by atoms with Crippen molar-refractivity contribution in [3.05, 3.63) is 29.8 Å². The quantitative estimate of drug-likeness (QED) is 0.767. The first kappa shape index (κ1) is 12.0. The van der Waals surface area contributed by atoms with Crippen LogP contribution in [0.2, 0.25) is 0 Å². The lowest BCUT2D eigenvalue weighted by molar-refractivity contribution is -0.143. The molecule has 100 valence electrons. The summed E-state index contributed by atoms with van der Waals surface area (Å²) in [6.45, 7) is 4.01. The maximum atomic E-state index is 12.0. The summed E-state index contributed by atoms with van der Waals surface area (Å²) in [5, 5.41) is 0. The second kappa shape index (κ2) is 4.26. The highest BCUT2D eigenvalue weighted by Gasteiger charge is 2.50. The van der Waals surface area contributed by atoms with Gasteiger partial charge in [0.15, 0.2) is 0 Å². The van der Waals surface area contributed by atoms with Crippen LogP contribution in [0, 0.1) is 5.92 Å². The first-order valence-corrected chi connectivity index (χ1v) is 6.37. The number of nitrogens with zero attached hydrogens (tertiary/aromatic N) is 1. The van der Waals surface area contributed by atoms with Crippen molar-refractivity contribution in [3.8, 4) is 5.75 Å². The van der Waals surface area contributed by atoms with Crippen LogP contribution in [0.5, 0.6) is 5.75 Å². The van der Waals surface area contributed by atoms with E-state index in [2.05, 4.69) is 0 Å². The molecule has 1 saturated heterocycles. The number of hydrogen-bond donors (Lipinski definition) is 0. The van der Waals surface area contributed by atoms with E-state index in [1.807, 2.05) is 26.0 Å². The summed E-state index contributed by atoms with van der Waals surface area (Å²) in [7, 11) is 0. The van der Waals surface area contributed by atoms with Gasteiger partial charge in [-0.2, -0.15) is 0 Å². The molecule has 2 atom stereocenters. The molecule has 0 aromatic heterocycles. The van der Waals surface area contributed by atoms with Crippen molar-refractivity contribution in [1.29, 1.82) is 0 Å². The van der Waals surface area contributed by atoms with Crippen LogP contribution in [0.1, 0.15) is 32.1 Å². The van der Waals surface area contributed by atoms with E-state index in [-0.39, 0.29) is 5.97 Å². The van der Waals surface area contributed by atoms with Gasteiger partial charge in [-0.25, -0.2) is 9.59 Å². The molecule has 0 spiro atoms. The fourth-order valence-corrected chi connectivity index (χ4v) is 2.54. The Morgan fingerprint density at radius 2 is 2.00 bits per heavy atom. The minimum atomic E-state index is -0.645. The molecule has 2 aliphatic heterocycles. The maximum Gasteiger partial charge on any atom is 0.419 e. The molecular formula is C14H15NO4. The van der Waals surface area contributed by atoms with Crippen LogP contribution < -0.4 is 4.74 Å². The molecule has 0 unspecified atom stereocenters. The van der Waals surface area contributed by atoms with Gasteiger partial charge in [-0.3, -0.25) is 4.90 Å². The van der Waals surface area contributed by atoms with Gasteiger partial charge < -0.3 is 9.47 Å². The lowest BCUT2D eigenvalue weighted by Crippen LogP contribution is -2.44. The third-order valence-corrected chi connectivity index (χ3v) is 3.38. The van der Waals surface area contributed by atoms with Crippen molar-refractivity contribution in [2.75, 3.05) is 0 Å². The van der Waals surface area contributed by atoms with E-state index in [1.54, 1.807) is 12.1 Å². The van der Waals surface area contributed by atoms with Gasteiger partial charge in [-0.05, 0) is 24.5 Å². The van der Waals surface area contributed by atoms with Crippen LogP contribution in [0.3, 0.4) is 0 Å². The summed E-state index contributed by atoms with van der Waals surface area (Å²) < 4.78 is 10.6. The molecule has 0 bridgehead atoms. The highest BCUT2D eigenvalue weighted by molar-refractivity contribution is 5.87. The summed E-state index contributed by atoms with van der Waals surface area (Å²) >= 11 is 0. The van der Waals surface area contributed by atoms with Crippen molar-refractivity contribution in [3.63, 3.8) is 0 Å². The SMILES string of the molecule is CC(C)C[C@H]1C(=O)O[C@@H]2c3ccccc3OC(=O)N21. The minimum Gasteiger partial charge on any atom is -0.435 e. The number of carbonyl (C=O) groups excluding carboxylic acids is 2. The van der Waals surface area contributed by atoms with Gasteiger partial charge in [-0.15, -0.1) is 0 Å². The molecular weight excluding hydrogens is 246 g/mol. The molecule has 0 radical (unpaired) electrons. The third kappa shape index (κ3) is 1.85. The number of rotatable bonds is 2. The predicted octanol–water partition coefficient (Wildman–Crippen LogP) is 2.47. The van der Waals surface area contributed by atoms with Crippen molar-refractivity contribution in [1.82, 2.24) is 4.90 Å². The van der Waals surface area contributed by atoms with E-state index in [9.17, 15) is 9.59 Å². The zero-order valence-corrected chi connectivity index (χ0v) is 10.8. The van der Waals surface area contributed by atoms with Gasteiger partial charge in [0, 0.05) is 0 Å². The Balaban J connectivity index is 1.99. The number of hydrogen-bond acceptors (Lipinski definition) is 4. The standard InChI is InChI=1S/C14H15NO4/c1-8(2)7-10-13(16)19-12-9-5-3-4-6-11(9)18-14(17)15(10)12/h3-6,8,10,12H,7H2,1-2H3/t10-,12+/m0/s1. The number of para-hydroxylation sites is 1. The molecule has 1 fully saturated rings. The van der Waals surface area contributed by atoms with E-state index in [0.717, 1.165) is 5.56 Å². The van der Waals surface area contributed by atoms with Crippen LogP contribution in [-0.4, -0.2) is 23.0 Å². The summed E-state index contributed by atoms with van der Waals surface area (Å²) in [4.78, 5) is 25.4. The molecule has 0 aliphatic carbocycles. The maximum absolute atomic E-state index is 12.0. The van der Waals surface area contributed by atoms with Crippen LogP contribution >= 0.6 is 0 Å². The van der Waals surface area contributed by atoms with E-state index in [4.69, 9.17) is 9.47 Å². The van der Waals surface area contributed by atoms with Gasteiger partial charge >= 0.3 is 12.1 Å². The summed E-state index contributed by atoms with van der Waals surface area (Å²) in [6.07, 6.45) is -0.582. The molecule has 1 amide bonds. The topological polar surface area (TPSA) is 55.8 Å². The Labute approximate surface area is 111 Å². The second-order valence-electron chi connectivity index (χ2n) is 5.25. The Kier molecular flexibility index (Phi) is 2.69. The second-order valence-corrected chi connectivity index (χ2v) is 5.25. The average Bonchev–Trinajstić information content (AvgIpc) is 2.67. The molecule has 2 heterocycles. The monoisotopic (exact) mass is 261 g/mol. The minimum absolute atomic E-state index is 0.293. The zero-order chi connectivity index (χ0) is 13.6. The Hall–Kier alpha value is -2.04. The van der Waals surface area contributed by atoms with Crippen LogP contribution in [0.15, 0.2) is 24.3 Å². The third-order valence-electron chi connectivity index (χ3n) is 3.38. The predicted molar refractivity (Wildman–Crippen MR) is 66.4 cm³/mol. The fraction of sp³-hybridized carbons (Fsp3) is 0.429. The molecule has 5 nitrogen and oxygen atoms in total. The van der Waals surface area contributed by atoms with Gasteiger partial charge in [0.25, 0.3) is 0 Å². The first-order valence-electron chi connectivity index (χ1n) is 6.37. The Bertz CT molecular complexity index is 540. The van der Waals surface area contributed by atoms with E-state index < -0.39 is 18.4 Å². The Morgan fingerprint density at radius 3 is 2.74 bits per heavy atom. The summed E-state index contributed by atoms with van der Waals surface area (Å²) in [5.41, 5.74) is 0.724. The number of esters is 1. The number of benzene rings is 1. The number of carbonyl (C=O) groups is 2. The van der Waals surface area contributed by atoms with Crippen LogP contribution in [0.25, 0.3) is 0 Å². The van der Waals surface area contributed by atoms with Gasteiger partial charge in [-0.1, -0.05) is 26.0 Å². The molecule has 19 heavy (non-hydrogen) atoms. The van der Waals surface area contributed by atoms with Crippen molar-refractivity contribution < 1.29 is 19.1 Å². The van der Waals surface area contributed by atoms with Gasteiger partial charge in [0.1, 0.15) is 11.8 Å². The number of fused-ring (bicyclic) bond motifs is 3. The molecule has 0 saturated carbocycles. The molecule has 5 heteroatoms. The van der Waals surface area contributed by atoms with Crippen LogP contribution in [0.4, 0.5) is 4.79 Å². The van der Waals surface area contributed by atoms with Crippen molar-refractivity contribution in [2.45, 2.75) is 32.5 Å². The van der Waals surface area contributed by atoms with Crippen LogP contribution in [-0.2, 0) is 9.53 Å². The Morgan fingerprint density at radius 1 is 1.26 bits per heavy atom. The van der Waals surface area contributed by atoms with E-state index >= 15 is 0 Å². The zero-order valence-electron chi connectivity index (χ0n) is 10.8. The fourth-order valence-electron chi connectivity index (χ4n) is 2.54. The van der Waals surface area contributed by atoms with E-state index in [0.29, 0.717) is 18.1 Å². The molecule has 2 aliphatic rings. The molecule has 1 aromatic carbocycles. The average molecular weight is 261 g/mol. The summed E-state index contributed by atoms with van der Waals surface area (Å²) in [6, 6.07) is 6.58. The molecule has 3 rings (SSSR count). The lowest BCUT2D eigenvalue weighted by atomic mass is 10.0. The first-order chi connectivity index (χ1) is 9.08. The largest absolute Gasteiger partial charge is 0.435 e. The van der Waals surface area contributed by atoms with Crippen molar-refractivity contribution >= 4 is 12.1 Å². The van der Waals surface area contributed by atoms with E-state index in [1.165, 1.54) is 4.90 Å². The molecule has 1 aromatic rings. The molecule has 0 N–H and O–H groups in total. The highest BCUT2D eigenvalue weighted by Crippen LogP contribution is 2.41. The normalized spacial score (nSPS) is 24.9. The van der Waals surface area contributed by atoms with Crippen molar-refractivity contribution in [2.24, 2.45) is 5.92 Å². The van der Waals surface area contributed by atoms with Gasteiger partial charge in [0.05, 0.1) is 5.56 Å². The smallest absolute Gasteiger partial charge is 0.419 e. The number of ether oxygens (including phenoxy) is 2. The van der Waals surface area contributed by atoms with Gasteiger partial charge in [0.2, 0.25) is 6.23 Å². The summed E-state index contributed by atoms with van der Waals surface area (Å²) in [5.74, 6) is 0.403.